The van der Waals surface area contributed by atoms with Crippen LogP contribution in [0.5, 0.6) is 0 Å². The highest BCUT2D eigenvalue weighted by Gasteiger charge is 2.57. The summed E-state index contributed by atoms with van der Waals surface area (Å²) in [6.45, 7) is 3.99. The SMILES string of the molecule is CC(=O)NC[C@H]1CN(c2ccc(N3CC4C(C3)C4N(C)Cc3ccc([N+](=O)[O-])s3)c(F)c2)C(=O)O1. The number of cyclic esters (lactones) is 1. The van der Waals surface area contributed by atoms with Crippen LogP contribution >= 0.6 is 11.3 Å². The van der Waals surface area contributed by atoms with Gasteiger partial charge in [-0.25, -0.2) is 9.18 Å². The Kier molecular flexibility index (Phi) is 6.09. The maximum Gasteiger partial charge on any atom is 0.414 e. The molecule has 1 aliphatic carbocycles. The number of hydrogen-bond donors (Lipinski definition) is 1. The summed E-state index contributed by atoms with van der Waals surface area (Å²) in [5.74, 6) is 0.259. The molecule has 0 bridgehead atoms. The van der Waals surface area contributed by atoms with Gasteiger partial charge in [-0.05, 0) is 43.1 Å². The van der Waals surface area contributed by atoms with Crippen molar-refractivity contribution in [2.75, 3.05) is 43.0 Å². The molecule has 12 heteroatoms. The van der Waals surface area contributed by atoms with Gasteiger partial charge in [-0.3, -0.25) is 24.7 Å². The van der Waals surface area contributed by atoms with Crippen LogP contribution in [-0.2, 0) is 16.1 Å². The van der Waals surface area contributed by atoms with Gasteiger partial charge in [-0.15, -0.1) is 0 Å². The molecule has 3 heterocycles. The summed E-state index contributed by atoms with van der Waals surface area (Å²) in [4.78, 5) is 40.5. The lowest BCUT2D eigenvalue weighted by molar-refractivity contribution is -0.380. The molecular formula is C23H26FN5O5S. The molecule has 1 saturated carbocycles. The number of fused-ring (bicyclic) bond motifs is 1. The normalized spacial score (nSPS) is 25.1. The van der Waals surface area contributed by atoms with Gasteiger partial charge in [-0.2, -0.15) is 0 Å². The van der Waals surface area contributed by atoms with Crippen molar-refractivity contribution in [1.82, 2.24) is 10.2 Å². The lowest BCUT2D eigenvalue weighted by Crippen LogP contribution is -2.33. The smallest absolute Gasteiger partial charge is 0.414 e. The molecule has 35 heavy (non-hydrogen) atoms. The van der Waals surface area contributed by atoms with E-state index in [2.05, 4.69) is 10.2 Å². The Morgan fingerprint density at radius 1 is 1.29 bits per heavy atom. The quantitative estimate of drug-likeness (QED) is 0.436. The van der Waals surface area contributed by atoms with Crippen LogP contribution in [0.4, 0.5) is 25.6 Å². The van der Waals surface area contributed by atoms with E-state index >= 15 is 4.39 Å². The molecule has 1 N–H and O–H groups in total. The third-order valence-corrected chi connectivity index (χ3v) is 7.95. The molecule has 2 unspecified atom stereocenters. The van der Waals surface area contributed by atoms with E-state index in [-0.39, 0.29) is 28.9 Å². The number of ether oxygens (including phenoxy) is 1. The first kappa shape index (κ1) is 23.5. The summed E-state index contributed by atoms with van der Waals surface area (Å²) in [5, 5.41) is 13.7. The summed E-state index contributed by atoms with van der Waals surface area (Å²) in [6.07, 6.45) is -1.04. The Hall–Kier alpha value is -3.25. The summed E-state index contributed by atoms with van der Waals surface area (Å²) >= 11 is 1.20. The predicted octanol–water partition coefficient (Wildman–Crippen LogP) is 2.82. The molecule has 3 atom stereocenters. The van der Waals surface area contributed by atoms with Crippen LogP contribution in [0.2, 0.25) is 0 Å². The summed E-state index contributed by atoms with van der Waals surface area (Å²) < 4.78 is 20.3. The zero-order chi connectivity index (χ0) is 24.9. The van der Waals surface area contributed by atoms with Gasteiger partial charge in [0.15, 0.2) is 0 Å². The van der Waals surface area contributed by atoms with E-state index in [1.807, 2.05) is 11.9 Å². The monoisotopic (exact) mass is 503 g/mol. The maximum atomic E-state index is 15.0. The van der Waals surface area contributed by atoms with Crippen LogP contribution in [0.1, 0.15) is 11.8 Å². The maximum absolute atomic E-state index is 15.0. The minimum atomic E-state index is -0.558. The van der Waals surface area contributed by atoms with Gasteiger partial charge in [0, 0.05) is 43.5 Å². The molecule has 0 spiro atoms. The van der Waals surface area contributed by atoms with Crippen LogP contribution in [0.3, 0.4) is 0 Å². The number of carbonyl (C=O) groups excluding carboxylic acids is 2. The second-order valence-corrected chi connectivity index (χ2v) is 10.5. The number of benzene rings is 1. The molecule has 1 aromatic heterocycles. The highest BCUT2D eigenvalue weighted by molar-refractivity contribution is 7.15. The van der Waals surface area contributed by atoms with Crippen molar-refractivity contribution in [2.24, 2.45) is 11.8 Å². The molecule has 3 fully saturated rings. The first-order valence-corrected chi connectivity index (χ1v) is 12.2. The van der Waals surface area contributed by atoms with Gasteiger partial charge in [-0.1, -0.05) is 11.3 Å². The van der Waals surface area contributed by atoms with Crippen molar-refractivity contribution in [3.8, 4) is 0 Å². The Labute approximate surface area is 205 Å². The summed E-state index contributed by atoms with van der Waals surface area (Å²) in [5.41, 5.74) is 0.937. The van der Waals surface area contributed by atoms with Crippen molar-refractivity contribution < 1.29 is 23.6 Å². The van der Waals surface area contributed by atoms with Crippen molar-refractivity contribution in [3.05, 3.63) is 51.1 Å². The zero-order valence-corrected chi connectivity index (χ0v) is 20.2. The average molecular weight is 504 g/mol. The van der Waals surface area contributed by atoms with E-state index in [1.54, 1.807) is 24.3 Å². The number of halogens is 1. The highest BCUT2D eigenvalue weighted by atomic mass is 32.1. The minimum absolute atomic E-state index is 0.153. The second-order valence-electron chi connectivity index (χ2n) is 9.32. The fraction of sp³-hybridized carbons (Fsp3) is 0.478. The number of hydrogen-bond acceptors (Lipinski definition) is 8. The standard InChI is InChI=1S/C23H26FN5O5S/c1-13(30)25-8-15-9-28(23(31)34-15)14-3-5-20(19(24)7-14)27-11-17-18(12-27)22(17)26(2)10-16-4-6-21(35-16)29(32)33/h3-7,15,17-18,22H,8-12H2,1-2H3,(H,25,30)/t15-,17?,18?,22?/m0/s1. The molecule has 1 aromatic carbocycles. The number of carbonyl (C=O) groups is 2. The number of rotatable bonds is 8. The van der Waals surface area contributed by atoms with Crippen molar-refractivity contribution in [1.29, 1.82) is 0 Å². The van der Waals surface area contributed by atoms with Gasteiger partial charge < -0.3 is 15.0 Å². The molecule has 2 aliphatic heterocycles. The number of nitrogens with one attached hydrogen (secondary N) is 1. The van der Waals surface area contributed by atoms with Gasteiger partial charge in [0.25, 0.3) is 0 Å². The lowest BCUT2D eigenvalue weighted by atomic mass is 10.2. The molecule has 10 nitrogen and oxygen atoms in total. The number of anilines is 2. The predicted molar refractivity (Wildman–Crippen MR) is 128 cm³/mol. The highest BCUT2D eigenvalue weighted by Crippen LogP contribution is 2.50. The Bertz CT molecular complexity index is 1160. The van der Waals surface area contributed by atoms with Crippen LogP contribution in [0.25, 0.3) is 0 Å². The van der Waals surface area contributed by atoms with Crippen molar-refractivity contribution in [3.63, 3.8) is 0 Å². The van der Waals surface area contributed by atoms with Crippen LogP contribution < -0.4 is 15.1 Å². The third-order valence-electron chi connectivity index (χ3n) is 6.93. The van der Waals surface area contributed by atoms with Gasteiger partial charge >= 0.3 is 11.1 Å². The molecule has 186 valence electrons. The third kappa shape index (κ3) is 4.67. The van der Waals surface area contributed by atoms with Crippen LogP contribution in [0.15, 0.2) is 30.3 Å². The molecule has 0 radical (unpaired) electrons. The van der Waals surface area contributed by atoms with E-state index in [1.165, 1.54) is 29.2 Å². The van der Waals surface area contributed by atoms with Gasteiger partial charge in [0.05, 0.1) is 29.4 Å². The molecule has 2 saturated heterocycles. The number of thiophene rings is 1. The van der Waals surface area contributed by atoms with E-state index in [0.717, 1.165) is 18.0 Å². The Balaban J connectivity index is 1.17. The number of nitrogens with zero attached hydrogens (tertiary/aromatic N) is 4. The van der Waals surface area contributed by atoms with E-state index < -0.39 is 18.0 Å². The lowest BCUT2D eigenvalue weighted by Gasteiger charge is -2.26. The topological polar surface area (TPSA) is 108 Å². The minimum Gasteiger partial charge on any atom is -0.442 e. The number of nitro groups is 1. The van der Waals surface area contributed by atoms with Gasteiger partial charge in [0.1, 0.15) is 11.9 Å². The number of piperidine rings is 1. The fourth-order valence-corrected chi connectivity index (χ4v) is 6.15. The Morgan fingerprint density at radius 3 is 2.66 bits per heavy atom. The van der Waals surface area contributed by atoms with Crippen LogP contribution in [0, 0.1) is 27.8 Å². The van der Waals surface area contributed by atoms with Crippen molar-refractivity contribution >= 4 is 39.7 Å². The molecule has 2 aromatic rings. The van der Waals surface area contributed by atoms with E-state index in [4.69, 9.17) is 4.74 Å². The fourth-order valence-electron chi connectivity index (χ4n) is 5.26. The van der Waals surface area contributed by atoms with Crippen LogP contribution in [-0.4, -0.2) is 67.2 Å². The first-order chi connectivity index (χ1) is 16.7. The summed E-state index contributed by atoms with van der Waals surface area (Å²) in [6, 6.07) is 8.51. The van der Waals surface area contributed by atoms with E-state index in [0.29, 0.717) is 35.8 Å². The summed E-state index contributed by atoms with van der Waals surface area (Å²) in [7, 11) is 2.03. The number of amides is 2. The first-order valence-electron chi connectivity index (χ1n) is 11.4. The molecular weight excluding hydrogens is 477 g/mol. The largest absolute Gasteiger partial charge is 0.442 e. The second kappa shape index (κ2) is 9.08. The molecule has 2 amide bonds. The zero-order valence-electron chi connectivity index (χ0n) is 19.3. The van der Waals surface area contributed by atoms with Gasteiger partial charge in [0.2, 0.25) is 5.91 Å². The molecule has 5 rings (SSSR count). The molecule has 3 aliphatic rings. The van der Waals surface area contributed by atoms with E-state index in [9.17, 15) is 19.7 Å². The Morgan fingerprint density at radius 2 is 2.03 bits per heavy atom. The average Bonchev–Trinajstić information content (AvgIpc) is 3.19. The van der Waals surface area contributed by atoms with Crippen molar-refractivity contribution in [2.45, 2.75) is 25.6 Å².